The number of nitrogens with two attached hydrogens (primary N) is 1. The Kier molecular flexibility index (Phi) is 4.54. The lowest BCUT2D eigenvalue weighted by molar-refractivity contribution is 0.384. The van der Waals surface area contributed by atoms with Gasteiger partial charge in [0.25, 0.3) is 0 Å². The van der Waals surface area contributed by atoms with E-state index >= 15 is 0 Å². The van der Waals surface area contributed by atoms with Crippen LogP contribution >= 0.6 is 0 Å². The summed E-state index contributed by atoms with van der Waals surface area (Å²) in [4.78, 5) is 4.27. The summed E-state index contributed by atoms with van der Waals surface area (Å²) in [7, 11) is -3.42. The smallest absolute Gasteiger partial charge is 0.213 e. The zero-order valence-corrected chi connectivity index (χ0v) is 11.9. The Labute approximate surface area is 113 Å². The standard InChI is InChI=1S/C11H21N5O2S/c1-2-5-16-11(14-8-15-16)6-9-3-4-10(7-13-9)19(12,17)18/h8-10,13H,2-7H2,1H3,(H2,12,17,18). The Morgan fingerprint density at radius 1 is 1.53 bits per heavy atom. The van der Waals surface area contributed by atoms with E-state index in [1.807, 2.05) is 4.68 Å². The summed E-state index contributed by atoms with van der Waals surface area (Å²) in [6.07, 6.45) is 4.76. The van der Waals surface area contributed by atoms with Gasteiger partial charge in [-0.1, -0.05) is 6.92 Å². The minimum atomic E-state index is -3.42. The van der Waals surface area contributed by atoms with Gasteiger partial charge in [-0.05, 0) is 19.3 Å². The monoisotopic (exact) mass is 287 g/mol. The number of piperidine rings is 1. The van der Waals surface area contributed by atoms with Crippen LogP contribution < -0.4 is 10.5 Å². The van der Waals surface area contributed by atoms with E-state index < -0.39 is 15.3 Å². The lowest BCUT2D eigenvalue weighted by atomic mass is 10.0. The van der Waals surface area contributed by atoms with Crippen molar-refractivity contribution in [1.29, 1.82) is 0 Å². The number of nitrogens with zero attached hydrogens (tertiary/aromatic N) is 3. The summed E-state index contributed by atoms with van der Waals surface area (Å²) < 4.78 is 24.4. The topological polar surface area (TPSA) is 103 Å². The number of rotatable bonds is 5. The molecule has 19 heavy (non-hydrogen) atoms. The number of nitrogens with one attached hydrogen (secondary N) is 1. The molecule has 3 N–H and O–H groups in total. The zero-order valence-electron chi connectivity index (χ0n) is 11.1. The zero-order chi connectivity index (χ0) is 13.9. The van der Waals surface area contributed by atoms with Crippen molar-refractivity contribution < 1.29 is 8.42 Å². The van der Waals surface area contributed by atoms with Gasteiger partial charge in [-0.3, -0.25) is 4.68 Å². The van der Waals surface area contributed by atoms with Crippen LogP contribution in [0.25, 0.3) is 0 Å². The van der Waals surface area contributed by atoms with Gasteiger partial charge in [-0.2, -0.15) is 5.10 Å². The summed E-state index contributed by atoms with van der Waals surface area (Å²) in [5, 5.41) is 12.1. The third kappa shape index (κ3) is 3.74. The van der Waals surface area contributed by atoms with E-state index in [1.165, 1.54) is 0 Å². The Morgan fingerprint density at radius 3 is 2.89 bits per heavy atom. The van der Waals surface area contributed by atoms with Crippen LogP contribution in [-0.4, -0.2) is 41.0 Å². The maximum atomic E-state index is 11.3. The van der Waals surface area contributed by atoms with Crippen LogP contribution in [0.5, 0.6) is 0 Å². The maximum Gasteiger partial charge on any atom is 0.213 e. The predicted molar refractivity (Wildman–Crippen MR) is 71.9 cm³/mol. The van der Waals surface area contributed by atoms with E-state index in [-0.39, 0.29) is 6.04 Å². The first-order valence-electron chi connectivity index (χ1n) is 6.62. The minimum Gasteiger partial charge on any atom is -0.312 e. The van der Waals surface area contributed by atoms with Crippen LogP contribution in [0.1, 0.15) is 32.0 Å². The van der Waals surface area contributed by atoms with E-state index in [2.05, 4.69) is 22.3 Å². The third-order valence-corrected chi connectivity index (χ3v) is 4.83. The quantitative estimate of drug-likeness (QED) is 0.770. The fourth-order valence-electron chi connectivity index (χ4n) is 2.41. The van der Waals surface area contributed by atoms with Gasteiger partial charge in [-0.25, -0.2) is 18.5 Å². The number of sulfonamides is 1. The minimum absolute atomic E-state index is 0.248. The molecule has 108 valence electrons. The molecule has 0 spiro atoms. The molecule has 0 saturated carbocycles. The highest BCUT2D eigenvalue weighted by Crippen LogP contribution is 2.16. The van der Waals surface area contributed by atoms with Gasteiger partial charge in [-0.15, -0.1) is 0 Å². The molecule has 1 saturated heterocycles. The molecule has 0 amide bonds. The first-order chi connectivity index (χ1) is 9.00. The Hall–Kier alpha value is -0.990. The van der Waals surface area contributed by atoms with Gasteiger partial charge >= 0.3 is 0 Å². The van der Waals surface area contributed by atoms with Gasteiger partial charge in [0.1, 0.15) is 12.2 Å². The second-order valence-corrected chi connectivity index (χ2v) is 6.84. The van der Waals surface area contributed by atoms with Crippen molar-refractivity contribution in [2.75, 3.05) is 6.54 Å². The molecule has 1 aromatic rings. The van der Waals surface area contributed by atoms with Crippen LogP contribution in [0, 0.1) is 0 Å². The molecular weight excluding hydrogens is 266 g/mol. The van der Waals surface area contributed by atoms with E-state index in [0.717, 1.165) is 31.6 Å². The average Bonchev–Trinajstić information content (AvgIpc) is 2.77. The molecule has 1 aliphatic heterocycles. The van der Waals surface area contributed by atoms with Crippen LogP contribution in [0.2, 0.25) is 0 Å². The molecule has 2 rings (SSSR count). The van der Waals surface area contributed by atoms with E-state index in [1.54, 1.807) is 6.33 Å². The van der Waals surface area contributed by atoms with E-state index in [9.17, 15) is 8.42 Å². The van der Waals surface area contributed by atoms with Crippen molar-refractivity contribution in [3.8, 4) is 0 Å². The summed E-state index contributed by atoms with van der Waals surface area (Å²) in [5.74, 6) is 0.952. The normalized spacial score (nSPS) is 24.5. The fraction of sp³-hybridized carbons (Fsp3) is 0.818. The Balaban J connectivity index is 1.90. The lowest BCUT2D eigenvalue weighted by Crippen LogP contribution is -2.47. The molecular formula is C11H21N5O2S. The number of hydrogen-bond donors (Lipinski definition) is 2. The van der Waals surface area contributed by atoms with Crippen LogP contribution in [0.3, 0.4) is 0 Å². The Morgan fingerprint density at radius 2 is 2.32 bits per heavy atom. The largest absolute Gasteiger partial charge is 0.312 e. The fourth-order valence-corrected chi connectivity index (χ4v) is 3.20. The van der Waals surface area contributed by atoms with Crippen LogP contribution in [0.4, 0.5) is 0 Å². The van der Waals surface area contributed by atoms with Crippen molar-refractivity contribution >= 4 is 10.0 Å². The molecule has 1 aliphatic rings. The highest BCUT2D eigenvalue weighted by atomic mass is 32.2. The van der Waals surface area contributed by atoms with Crippen molar-refractivity contribution in [1.82, 2.24) is 20.1 Å². The SMILES string of the molecule is CCCn1ncnc1CC1CCC(S(N)(=O)=O)CN1. The van der Waals surface area contributed by atoms with Crippen molar-refractivity contribution in [2.45, 2.75) is 50.4 Å². The summed E-state index contributed by atoms with van der Waals surface area (Å²) >= 11 is 0. The van der Waals surface area contributed by atoms with E-state index in [4.69, 9.17) is 5.14 Å². The summed E-state index contributed by atoms with van der Waals surface area (Å²) in [5.41, 5.74) is 0. The van der Waals surface area contributed by atoms with Gasteiger partial charge in [0.05, 0.1) is 5.25 Å². The molecule has 1 fully saturated rings. The van der Waals surface area contributed by atoms with Gasteiger partial charge < -0.3 is 5.32 Å². The molecule has 2 unspecified atom stereocenters. The summed E-state index contributed by atoms with van der Waals surface area (Å²) in [6.45, 7) is 3.38. The first-order valence-corrected chi connectivity index (χ1v) is 8.23. The van der Waals surface area contributed by atoms with Crippen molar-refractivity contribution in [2.24, 2.45) is 5.14 Å². The molecule has 0 aliphatic carbocycles. The Bertz CT molecular complexity index is 505. The molecule has 7 nitrogen and oxygen atoms in total. The van der Waals surface area contributed by atoms with Crippen LogP contribution in [0.15, 0.2) is 6.33 Å². The molecule has 0 bridgehead atoms. The molecule has 1 aromatic heterocycles. The van der Waals surface area contributed by atoms with Crippen molar-refractivity contribution in [3.05, 3.63) is 12.2 Å². The van der Waals surface area contributed by atoms with E-state index in [0.29, 0.717) is 13.0 Å². The van der Waals surface area contributed by atoms with Crippen LogP contribution in [-0.2, 0) is 23.0 Å². The van der Waals surface area contributed by atoms with Crippen molar-refractivity contribution in [3.63, 3.8) is 0 Å². The maximum absolute atomic E-state index is 11.3. The second-order valence-electron chi connectivity index (χ2n) is 5.00. The number of aryl methyl sites for hydroxylation is 1. The molecule has 8 heteroatoms. The average molecular weight is 287 g/mol. The highest BCUT2D eigenvalue weighted by molar-refractivity contribution is 7.89. The summed E-state index contributed by atoms with van der Waals surface area (Å²) in [6, 6.07) is 0.248. The second kappa shape index (κ2) is 5.98. The lowest BCUT2D eigenvalue weighted by Gasteiger charge is -2.28. The van der Waals surface area contributed by atoms with Gasteiger partial charge in [0.15, 0.2) is 0 Å². The molecule has 0 radical (unpaired) electrons. The highest BCUT2D eigenvalue weighted by Gasteiger charge is 2.28. The van der Waals surface area contributed by atoms with Gasteiger partial charge in [0, 0.05) is 25.6 Å². The number of aromatic nitrogens is 3. The predicted octanol–water partition coefficient (Wildman–Crippen LogP) is -0.360. The first kappa shape index (κ1) is 14.4. The third-order valence-electron chi connectivity index (χ3n) is 3.50. The van der Waals surface area contributed by atoms with Gasteiger partial charge in [0.2, 0.25) is 10.0 Å². The molecule has 2 atom stereocenters. The number of primary sulfonamides is 1. The molecule has 0 aromatic carbocycles. The number of hydrogen-bond acceptors (Lipinski definition) is 5. The molecule has 2 heterocycles.